The van der Waals surface area contributed by atoms with Crippen LogP contribution in [0.2, 0.25) is 10.0 Å². The second-order valence-electron chi connectivity index (χ2n) is 7.49. The topological polar surface area (TPSA) is 71.2 Å². The molecule has 0 bridgehead atoms. The standard InChI is InChI=1S/C22H24Cl2N4OS2/c1-13(11-28(2)3)12-30-15-7-4-6-14(10-15)26-22-27-21(25)20(31-22)19(29)18-16(23)8-5-9-17(18)24/h4-10,13H,11-12,25H2,1-3H3,(H,26,27). The highest BCUT2D eigenvalue weighted by atomic mass is 35.5. The first-order valence-corrected chi connectivity index (χ1v) is 12.2. The number of hydrogen-bond acceptors (Lipinski definition) is 7. The number of nitrogens with one attached hydrogen (secondary N) is 1. The number of nitrogens with two attached hydrogens (primary N) is 1. The molecule has 5 nitrogen and oxygen atoms in total. The highest BCUT2D eigenvalue weighted by Gasteiger charge is 2.22. The number of benzene rings is 2. The summed E-state index contributed by atoms with van der Waals surface area (Å²) < 4.78 is 0. The second kappa shape index (κ2) is 10.7. The fourth-order valence-corrected chi connectivity index (χ4v) is 5.47. The van der Waals surface area contributed by atoms with Crippen LogP contribution in [0.3, 0.4) is 0 Å². The monoisotopic (exact) mass is 494 g/mol. The van der Waals surface area contributed by atoms with Crippen molar-refractivity contribution in [1.82, 2.24) is 9.88 Å². The lowest BCUT2D eigenvalue weighted by Gasteiger charge is -2.16. The molecule has 9 heteroatoms. The molecule has 1 aromatic heterocycles. The van der Waals surface area contributed by atoms with E-state index in [2.05, 4.69) is 48.4 Å². The number of carbonyl (C=O) groups excluding carboxylic acids is 1. The molecule has 0 aliphatic heterocycles. The lowest BCUT2D eigenvalue weighted by Crippen LogP contribution is -2.20. The zero-order valence-electron chi connectivity index (χ0n) is 17.5. The molecule has 0 saturated carbocycles. The third kappa shape index (κ3) is 6.37. The summed E-state index contributed by atoms with van der Waals surface area (Å²) in [5, 5.41) is 4.35. The lowest BCUT2D eigenvalue weighted by atomic mass is 10.1. The molecule has 3 aromatic rings. The Morgan fingerprint density at radius 2 is 1.90 bits per heavy atom. The zero-order valence-corrected chi connectivity index (χ0v) is 20.6. The van der Waals surface area contributed by atoms with Crippen LogP contribution in [0.1, 0.15) is 22.2 Å². The maximum atomic E-state index is 12.9. The van der Waals surface area contributed by atoms with E-state index in [1.807, 2.05) is 23.9 Å². The van der Waals surface area contributed by atoms with Gasteiger partial charge in [0.05, 0.1) is 15.6 Å². The molecule has 0 aliphatic carbocycles. The van der Waals surface area contributed by atoms with E-state index < -0.39 is 0 Å². The third-order valence-corrected chi connectivity index (χ3v) is 7.28. The smallest absolute Gasteiger partial charge is 0.209 e. The number of thioether (sulfide) groups is 1. The Kier molecular flexibility index (Phi) is 8.24. The van der Waals surface area contributed by atoms with Crippen LogP contribution in [-0.2, 0) is 0 Å². The van der Waals surface area contributed by atoms with Gasteiger partial charge in [0.15, 0.2) is 5.13 Å². The Hall–Kier alpha value is -1.77. The summed E-state index contributed by atoms with van der Waals surface area (Å²) in [4.78, 5) is 20.9. The van der Waals surface area contributed by atoms with Gasteiger partial charge >= 0.3 is 0 Å². The lowest BCUT2D eigenvalue weighted by molar-refractivity contribution is 0.104. The molecule has 1 atom stereocenters. The van der Waals surface area contributed by atoms with Crippen molar-refractivity contribution < 1.29 is 4.79 Å². The van der Waals surface area contributed by atoms with Gasteiger partial charge in [0.2, 0.25) is 5.78 Å². The summed E-state index contributed by atoms with van der Waals surface area (Å²) in [5.74, 6) is 1.43. The van der Waals surface area contributed by atoms with Gasteiger partial charge in [-0.15, -0.1) is 11.8 Å². The van der Waals surface area contributed by atoms with Crippen molar-refractivity contribution in [2.45, 2.75) is 11.8 Å². The Bertz CT molecular complexity index is 1050. The third-order valence-electron chi connectivity index (χ3n) is 4.35. The first-order valence-electron chi connectivity index (χ1n) is 9.64. The van der Waals surface area contributed by atoms with Crippen LogP contribution >= 0.6 is 46.3 Å². The first kappa shape index (κ1) is 23.9. The highest BCUT2D eigenvalue weighted by Crippen LogP contribution is 2.34. The van der Waals surface area contributed by atoms with Gasteiger partial charge in [-0.3, -0.25) is 4.79 Å². The molecule has 3 N–H and O–H groups in total. The Morgan fingerprint density at radius 1 is 1.23 bits per heavy atom. The van der Waals surface area contributed by atoms with E-state index >= 15 is 0 Å². The number of ketones is 1. The SMILES string of the molecule is CC(CSc1cccc(Nc2nc(N)c(C(=O)c3c(Cl)cccc3Cl)s2)c1)CN(C)C. The average Bonchev–Trinajstić information content (AvgIpc) is 3.06. The van der Waals surface area contributed by atoms with Crippen LogP contribution in [-0.4, -0.2) is 42.1 Å². The normalized spacial score (nSPS) is 12.2. The summed E-state index contributed by atoms with van der Waals surface area (Å²) in [6.07, 6.45) is 0. The van der Waals surface area contributed by atoms with E-state index in [1.54, 1.807) is 18.2 Å². The molecule has 3 rings (SSSR count). The van der Waals surface area contributed by atoms with Crippen LogP contribution in [0, 0.1) is 5.92 Å². The molecule has 0 aliphatic rings. The predicted molar refractivity (Wildman–Crippen MR) is 135 cm³/mol. The minimum Gasteiger partial charge on any atom is -0.382 e. The molecule has 0 saturated heterocycles. The summed E-state index contributed by atoms with van der Waals surface area (Å²) in [6.45, 7) is 3.30. The molecule has 2 aromatic carbocycles. The van der Waals surface area contributed by atoms with E-state index in [9.17, 15) is 4.79 Å². The summed E-state index contributed by atoms with van der Waals surface area (Å²) >= 11 is 15.4. The number of anilines is 3. The molecular weight excluding hydrogens is 471 g/mol. The van der Waals surface area contributed by atoms with Gasteiger partial charge in [0, 0.05) is 22.9 Å². The van der Waals surface area contributed by atoms with Crippen molar-refractivity contribution in [3.63, 3.8) is 0 Å². The highest BCUT2D eigenvalue weighted by molar-refractivity contribution is 7.99. The zero-order chi connectivity index (χ0) is 22.5. The Labute approximate surface area is 201 Å². The van der Waals surface area contributed by atoms with Crippen molar-refractivity contribution in [2.24, 2.45) is 5.92 Å². The predicted octanol–water partition coefficient (Wildman–Crippen LogP) is 6.30. The molecule has 1 heterocycles. The number of carbonyl (C=O) groups is 1. The van der Waals surface area contributed by atoms with E-state index in [4.69, 9.17) is 28.9 Å². The number of halogens is 2. The molecule has 164 valence electrons. The van der Waals surface area contributed by atoms with Crippen molar-refractivity contribution in [1.29, 1.82) is 0 Å². The van der Waals surface area contributed by atoms with Crippen LogP contribution in [0.25, 0.3) is 0 Å². The molecule has 0 fully saturated rings. The van der Waals surface area contributed by atoms with Crippen molar-refractivity contribution in [2.75, 3.05) is 37.4 Å². The van der Waals surface area contributed by atoms with Crippen molar-refractivity contribution in [3.05, 3.63) is 63.0 Å². The van der Waals surface area contributed by atoms with Gasteiger partial charge in [-0.05, 0) is 50.3 Å². The Morgan fingerprint density at radius 3 is 2.58 bits per heavy atom. The number of hydrogen-bond donors (Lipinski definition) is 2. The number of rotatable bonds is 9. The fourth-order valence-electron chi connectivity index (χ4n) is 3.08. The quantitative estimate of drug-likeness (QED) is 0.268. The van der Waals surface area contributed by atoms with Gasteiger partial charge in [0.1, 0.15) is 10.7 Å². The summed E-state index contributed by atoms with van der Waals surface area (Å²) in [7, 11) is 4.17. The van der Waals surface area contributed by atoms with E-state index in [-0.39, 0.29) is 27.2 Å². The minimum absolute atomic E-state index is 0.150. The fraction of sp³-hybridized carbons (Fsp3) is 0.273. The van der Waals surface area contributed by atoms with Crippen LogP contribution < -0.4 is 11.1 Å². The summed E-state index contributed by atoms with van der Waals surface area (Å²) in [5.41, 5.74) is 7.15. The van der Waals surface area contributed by atoms with Crippen molar-refractivity contribution in [3.8, 4) is 0 Å². The average molecular weight is 496 g/mol. The molecule has 0 radical (unpaired) electrons. The summed E-state index contributed by atoms with van der Waals surface area (Å²) in [6, 6.07) is 13.0. The number of thiazole rings is 1. The van der Waals surface area contributed by atoms with Gasteiger partial charge < -0.3 is 16.0 Å². The van der Waals surface area contributed by atoms with Gasteiger partial charge in [-0.25, -0.2) is 4.98 Å². The molecule has 1 unspecified atom stereocenters. The minimum atomic E-state index is -0.335. The Balaban J connectivity index is 1.72. The van der Waals surface area contributed by atoms with Gasteiger partial charge in [-0.2, -0.15) is 0 Å². The molecular formula is C22H24Cl2N4OS2. The van der Waals surface area contributed by atoms with Crippen LogP contribution in [0.4, 0.5) is 16.6 Å². The molecule has 31 heavy (non-hydrogen) atoms. The van der Waals surface area contributed by atoms with Gasteiger partial charge in [-0.1, -0.05) is 53.6 Å². The van der Waals surface area contributed by atoms with E-state index in [0.29, 0.717) is 15.9 Å². The molecule has 0 amide bonds. The largest absolute Gasteiger partial charge is 0.382 e. The number of aromatic nitrogens is 1. The second-order valence-corrected chi connectivity index (χ2v) is 10.4. The maximum absolute atomic E-state index is 12.9. The molecule has 0 spiro atoms. The number of nitrogens with zero attached hydrogens (tertiary/aromatic N) is 2. The maximum Gasteiger partial charge on any atom is 0.209 e. The van der Waals surface area contributed by atoms with Crippen LogP contribution in [0.15, 0.2) is 47.4 Å². The van der Waals surface area contributed by atoms with Gasteiger partial charge in [0.25, 0.3) is 0 Å². The van der Waals surface area contributed by atoms with E-state index in [0.717, 1.165) is 18.0 Å². The van der Waals surface area contributed by atoms with Crippen LogP contribution in [0.5, 0.6) is 0 Å². The van der Waals surface area contributed by atoms with E-state index in [1.165, 1.54) is 16.2 Å². The van der Waals surface area contributed by atoms with Crippen molar-refractivity contribution >= 4 is 68.7 Å². The first-order chi connectivity index (χ1) is 14.7. The number of nitrogen functional groups attached to an aromatic ring is 1.